The molecule has 1 aliphatic rings. The molecule has 0 bridgehead atoms. The number of rotatable bonds is 6. The van der Waals surface area contributed by atoms with Gasteiger partial charge in [-0.05, 0) is 86.7 Å². The molecule has 0 spiro atoms. The van der Waals surface area contributed by atoms with Crippen molar-refractivity contribution in [2.45, 2.75) is 44.7 Å². The molecule has 35 heavy (non-hydrogen) atoms. The second-order valence-corrected chi connectivity index (χ2v) is 8.56. The number of pyridine rings is 1. The molecule has 0 radical (unpaired) electrons. The molecule has 1 fully saturated rings. The molecule has 2 amide bonds. The van der Waals surface area contributed by atoms with E-state index in [1.165, 1.54) is 30.3 Å². The number of amides is 2. The van der Waals surface area contributed by atoms with Crippen molar-refractivity contribution in [1.29, 1.82) is 0 Å². The van der Waals surface area contributed by atoms with Gasteiger partial charge in [-0.25, -0.2) is 13.8 Å². The zero-order valence-electron chi connectivity index (χ0n) is 19.1. The molecule has 0 atom stereocenters. The summed E-state index contributed by atoms with van der Waals surface area (Å²) in [7, 11) is 0. The number of aromatic hydroxyl groups is 1. The molecular formula is C26H25F2N3O4. The Hall–Kier alpha value is -4.01. The lowest BCUT2D eigenvalue weighted by Gasteiger charge is -2.29. The van der Waals surface area contributed by atoms with Crippen molar-refractivity contribution >= 4 is 11.8 Å². The van der Waals surface area contributed by atoms with Crippen LogP contribution in [-0.4, -0.2) is 34.0 Å². The van der Waals surface area contributed by atoms with E-state index < -0.39 is 17.5 Å². The molecule has 3 N–H and O–H groups in total. The summed E-state index contributed by atoms with van der Waals surface area (Å²) in [6, 6.07) is 10.7. The highest BCUT2D eigenvalue weighted by molar-refractivity contribution is 5.96. The Kier molecular flexibility index (Phi) is 7.24. The first kappa shape index (κ1) is 24.1. The molecule has 1 aromatic heterocycles. The summed E-state index contributed by atoms with van der Waals surface area (Å²) in [6.45, 7) is 1.73. The van der Waals surface area contributed by atoms with Crippen LogP contribution >= 0.6 is 0 Å². The maximum absolute atomic E-state index is 13.8. The first-order valence-electron chi connectivity index (χ1n) is 11.3. The zero-order chi connectivity index (χ0) is 24.9. The zero-order valence-corrected chi connectivity index (χ0v) is 19.1. The van der Waals surface area contributed by atoms with Gasteiger partial charge < -0.3 is 20.5 Å². The molecule has 1 saturated carbocycles. The molecule has 4 rings (SSSR count). The van der Waals surface area contributed by atoms with Crippen molar-refractivity contribution in [1.82, 2.24) is 15.6 Å². The van der Waals surface area contributed by atoms with Crippen LogP contribution in [0.15, 0.2) is 54.7 Å². The van der Waals surface area contributed by atoms with Crippen molar-refractivity contribution in [2.75, 3.05) is 0 Å². The van der Waals surface area contributed by atoms with Crippen LogP contribution in [-0.2, 0) is 0 Å². The Morgan fingerprint density at radius 2 is 1.54 bits per heavy atom. The molecule has 1 aliphatic carbocycles. The van der Waals surface area contributed by atoms with Crippen molar-refractivity contribution in [2.24, 2.45) is 0 Å². The van der Waals surface area contributed by atoms with E-state index in [1.807, 2.05) is 0 Å². The summed E-state index contributed by atoms with van der Waals surface area (Å²) in [5.74, 6) is -1.54. The fourth-order valence-electron chi connectivity index (χ4n) is 4.00. The summed E-state index contributed by atoms with van der Waals surface area (Å²) in [5.41, 5.74) is 1.04. The Labute approximate surface area is 201 Å². The number of nitrogens with one attached hydrogen (secondary N) is 2. The predicted octanol–water partition coefficient (Wildman–Crippen LogP) is 4.64. The highest BCUT2D eigenvalue weighted by Crippen LogP contribution is 2.26. The first-order chi connectivity index (χ1) is 16.8. The molecule has 0 aliphatic heterocycles. The number of phenolic OH excluding ortho intramolecular Hbond substituents is 1. The van der Waals surface area contributed by atoms with Crippen LogP contribution in [0.4, 0.5) is 8.78 Å². The minimum absolute atomic E-state index is 0.0435. The standard InChI is InChI=1S/C26H25F2N3O4/c1-15-12-16(2-11-23(15)32)24(33)30-19-5-7-20(8-6-19)31-25(34)22-13-18(28)14-29-26(22)35-21-9-3-17(27)4-10-21/h2-4,9-14,19-20,32H,5-8H2,1H3,(H,30,33)(H,31,34). The third-order valence-corrected chi connectivity index (χ3v) is 5.95. The van der Waals surface area contributed by atoms with E-state index in [2.05, 4.69) is 15.6 Å². The summed E-state index contributed by atoms with van der Waals surface area (Å²) < 4.78 is 32.6. The van der Waals surface area contributed by atoms with Gasteiger partial charge in [-0.3, -0.25) is 9.59 Å². The van der Waals surface area contributed by atoms with Gasteiger partial charge in [0.2, 0.25) is 5.88 Å². The first-order valence-corrected chi connectivity index (χ1v) is 11.3. The van der Waals surface area contributed by atoms with Gasteiger partial charge in [-0.15, -0.1) is 0 Å². The van der Waals surface area contributed by atoms with Crippen LogP contribution in [0.2, 0.25) is 0 Å². The average Bonchev–Trinajstić information content (AvgIpc) is 2.84. The second kappa shape index (κ2) is 10.5. The Morgan fingerprint density at radius 3 is 2.17 bits per heavy atom. The van der Waals surface area contributed by atoms with Gasteiger partial charge in [0, 0.05) is 17.6 Å². The molecule has 0 unspecified atom stereocenters. The number of aromatic nitrogens is 1. The molecule has 9 heteroatoms. The molecule has 2 aromatic carbocycles. The second-order valence-electron chi connectivity index (χ2n) is 8.56. The van der Waals surface area contributed by atoms with Crippen LogP contribution in [0, 0.1) is 18.6 Å². The van der Waals surface area contributed by atoms with Gasteiger partial charge in [0.1, 0.15) is 28.7 Å². The van der Waals surface area contributed by atoms with Crippen LogP contribution in [0.1, 0.15) is 52.0 Å². The minimum atomic E-state index is -0.683. The highest BCUT2D eigenvalue weighted by Gasteiger charge is 2.26. The van der Waals surface area contributed by atoms with E-state index in [9.17, 15) is 23.5 Å². The molecule has 1 heterocycles. The molecule has 182 valence electrons. The lowest BCUT2D eigenvalue weighted by molar-refractivity contribution is 0.0890. The van der Waals surface area contributed by atoms with Crippen molar-refractivity contribution in [3.05, 3.63) is 83.1 Å². The fraction of sp³-hybridized carbons (Fsp3) is 0.269. The summed E-state index contributed by atoms with van der Waals surface area (Å²) in [6.07, 6.45) is 3.52. The van der Waals surface area contributed by atoms with Gasteiger partial charge in [-0.2, -0.15) is 0 Å². The number of aryl methyl sites for hydroxylation is 1. The molecule has 7 nitrogen and oxygen atoms in total. The highest BCUT2D eigenvalue weighted by atomic mass is 19.1. The van der Waals surface area contributed by atoms with E-state index in [0.29, 0.717) is 36.8 Å². The number of ether oxygens (including phenoxy) is 1. The van der Waals surface area contributed by atoms with E-state index >= 15 is 0 Å². The normalized spacial score (nSPS) is 17.5. The Balaban J connectivity index is 1.34. The summed E-state index contributed by atoms with van der Waals surface area (Å²) in [4.78, 5) is 29.3. The number of halogens is 2. The number of hydrogen-bond acceptors (Lipinski definition) is 5. The quantitative estimate of drug-likeness (QED) is 0.476. The number of phenols is 1. The monoisotopic (exact) mass is 481 g/mol. The summed E-state index contributed by atoms with van der Waals surface area (Å²) in [5, 5.41) is 15.5. The average molecular weight is 481 g/mol. The number of carbonyl (C=O) groups is 2. The fourth-order valence-corrected chi connectivity index (χ4v) is 4.00. The number of hydrogen-bond donors (Lipinski definition) is 3. The smallest absolute Gasteiger partial charge is 0.257 e. The van der Waals surface area contributed by atoms with Gasteiger partial charge in [0.05, 0.1) is 6.20 Å². The lowest BCUT2D eigenvalue weighted by Crippen LogP contribution is -2.43. The molecular weight excluding hydrogens is 456 g/mol. The Bertz CT molecular complexity index is 1230. The topological polar surface area (TPSA) is 101 Å². The van der Waals surface area contributed by atoms with Gasteiger partial charge >= 0.3 is 0 Å². The third kappa shape index (κ3) is 6.11. The third-order valence-electron chi connectivity index (χ3n) is 5.95. The maximum Gasteiger partial charge on any atom is 0.257 e. The SMILES string of the molecule is Cc1cc(C(=O)NC2CCC(NC(=O)c3cc(F)cnc3Oc3ccc(F)cc3)CC2)ccc1O. The Morgan fingerprint density at radius 1 is 0.914 bits per heavy atom. The van der Waals surface area contributed by atoms with Gasteiger partial charge in [0.25, 0.3) is 11.8 Å². The van der Waals surface area contributed by atoms with Gasteiger partial charge in [0.15, 0.2) is 0 Å². The van der Waals surface area contributed by atoms with E-state index in [-0.39, 0.29) is 40.9 Å². The maximum atomic E-state index is 13.8. The van der Waals surface area contributed by atoms with E-state index in [1.54, 1.807) is 19.1 Å². The van der Waals surface area contributed by atoms with Crippen molar-refractivity contribution in [3.63, 3.8) is 0 Å². The largest absolute Gasteiger partial charge is 0.508 e. The van der Waals surface area contributed by atoms with Crippen LogP contribution in [0.25, 0.3) is 0 Å². The van der Waals surface area contributed by atoms with Crippen LogP contribution in [0.3, 0.4) is 0 Å². The van der Waals surface area contributed by atoms with Crippen LogP contribution < -0.4 is 15.4 Å². The molecule has 3 aromatic rings. The lowest BCUT2D eigenvalue weighted by atomic mass is 9.90. The van der Waals surface area contributed by atoms with Crippen LogP contribution in [0.5, 0.6) is 17.4 Å². The number of carbonyl (C=O) groups excluding carboxylic acids is 2. The predicted molar refractivity (Wildman–Crippen MR) is 124 cm³/mol. The van der Waals surface area contributed by atoms with Gasteiger partial charge in [-0.1, -0.05) is 0 Å². The van der Waals surface area contributed by atoms with E-state index in [0.717, 1.165) is 12.3 Å². The minimum Gasteiger partial charge on any atom is -0.508 e. The van der Waals surface area contributed by atoms with E-state index in [4.69, 9.17) is 4.74 Å². The van der Waals surface area contributed by atoms with Crippen molar-refractivity contribution in [3.8, 4) is 17.4 Å². The summed E-state index contributed by atoms with van der Waals surface area (Å²) >= 11 is 0. The van der Waals surface area contributed by atoms with Crippen molar-refractivity contribution < 1.29 is 28.2 Å². The molecule has 0 saturated heterocycles. The number of benzene rings is 2. The number of nitrogens with zero attached hydrogens (tertiary/aromatic N) is 1.